The highest BCUT2D eigenvalue weighted by Crippen LogP contribution is 2.16. The van der Waals surface area contributed by atoms with Crippen LogP contribution in [-0.2, 0) is 4.79 Å². The second kappa shape index (κ2) is 5.43. The molecule has 0 saturated carbocycles. The largest absolute Gasteiger partial charge is 0.480 e. The third-order valence-electron chi connectivity index (χ3n) is 2.46. The van der Waals surface area contributed by atoms with Crippen LogP contribution in [0.5, 0.6) is 0 Å². The predicted molar refractivity (Wildman–Crippen MR) is 63.7 cm³/mol. The number of carboxylic acids is 1. The van der Waals surface area contributed by atoms with Crippen molar-refractivity contribution in [3.05, 3.63) is 0 Å². The zero-order chi connectivity index (χ0) is 12.2. The van der Waals surface area contributed by atoms with E-state index in [9.17, 15) is 9.59 Å². The van der Waals surface area contributed by atoms with Crippen molar-refractivity contribution in [2.45, 2.75) is 38.3 Å². The molecule has 5 nitrogen and oxygen atoms in total. The monoisotopic (exact) mass is 246 g/mol. The SMILES string of the molecule is CC(C)(NC(=O)NC1CCCSC1)C(=O)O. The van der Waals surface area contributed by atoms with E-state index in [4.69, 9.17) is 5.11 Å². The summed E-state index contributed by atoms with van der Waals surface area (Å²) in [5, 5.41) is 14.1. The molecule has 1 fully saturated rings. The van der Waals surface area contributed by atoms with Crippen molar-refractivity contribution in [2.75, 3.05) is 11.5 Å². The van der Waals surface area contributed by atoms with Crippen LogP contribution in [0.15, 0.2) is 0 Å². The standard InChI is InChI=1S/C10H18N2O3S/c1-10(2,8(13)14)12-9(15)11-7-4-3-5-16-6-7/h7H,3-6H2,1-2H3,(H,13,14)(H2,11,12,15). The Hall–Kier alpha value is -0.910. The normalized spacial score (nSPS) is 21.2. The second-order valence-corrected chi connectivity index (χ2v) is 5.59. The van der Waals surface area contributed by atoms with E-state index in [1.807, 2.05) is 11.8 Å². The van der Waals surface area contributed by atoms with E-state index in [1.54, 1.807) is 0 Å². The van der Waals surface area contributed by atoms with Gasteiger partial charge in [0.25, 0.3) is 0 Å². The summed E-state index contributed by atoms with van der Waals surface area (Å²) < 4.78 is 0. The summed E-state index contributed by atoms with van der Waals surface area (Å²) in [6, 6.07) is -0.247. The minimum atomic E-state index is -1.23. The zero-order valence-electron chi connectivity index (χ0n) is 9.58. The molecule has 1 heterocycles. The Labute approximate surface area is 99.4 Å². The lowest BCUT2D eigenvalue weighted by Crippen LogP contribution is -2.55. The van der Waals surface area contributed by atoms with Crippen LogP contribution < -0.4 is 10.6 Å². The molecule has 0 aliphatic carbocycles. The number of rotatable bonds is 3. The molecule has 1 unspecified atom stereocenters. The van der Waals surface area contributed by atoms with Crippen molar-refractivity contribution < 1.29 is 14.7 Å². The fourth-order valence-corrected chi connectivity index (χ4v) is 2.49. The van der Waals surface area contributed by atoms with Crippen LogP contribution in [0.2, 0.25) is 0 Å². The van der Waals surface area contributed by atoms with E-state index < -0.39 is 17.5 Å². The molecule has 0 aromatic carbocycles. The maximum atomic E-state index is 11.5. The number of nitrogens with one attached hydrogen (secondary N) is 2. The second-order valence-electron chi connectivity index (χ2n) is 4.44. The minimum Gasteiger partial charge on any atom is -0.480 e. The Morgan fingerprint density at radius 3 is 2.62 bits per heavy atom. The molecule has 3 N–H and O–H groups in total. The smallest absolute Gasteiger partial charge is 0.328 e. The Balaban J connectivity index is 2.37. The van der Waals surface area contributed by atoms with Gasteiger partial charge in [0, 0.05) is 11.8 Å². The van der Waals surface area contributed by atoms with Gasteiger partial charge in [0.15, 0.2) is 0 Å². The van der Waals surface area contributed by atoms with Crippen molar-refractivity contribution in [1.29, 1.82) is 0 Å². The van der Waals surface area contributed by atoms with E-state index in [0.29, 0.717) is 0 Å². The predicted octanol–water partition coefficient (Wildman–Crippen LogP) is 1.04. The zero-order valence-corrected chi connectivity index (χ0v) is 10.4. The molecular formula is C10H18N2O3S. The van der Waals surface area contributed by atoms with Gasteiger partial charge in [0.05, 0.1) is 0 Å². The lowest BCUT2D eigenvalue weighted by atomic mass is 10.1. The van der Waals surface area contributed by atoms with E-state index >= 15 is 0 Å². The van der Waals surface area contributed by atoms with Gasteiger partial charge in [-0.05, 0) is 32.4 Å². The maximum Gasteiger partial charge on any atom is 0.328 e. The number of amides is 2. The molecule has 2 amide bonds. The van der Waals surface area contributed by atoms with E-state index in [-0.39, 0.29) is 6.04 Å². The fraction of sp³-hybridized carbons (Fsp3) is 0.800. The summed E-state index contributed by atoms with van der Waals surface area (Å²) in [5.74, 6) is 1.00. The Kier molecular flexibility index (Phi) is 4.46. The molecule has 92 valence electrons. The molecule has 1 atom stereocenters. The lowest BCUT2D eigenvalue weighted by molar-refractivity contribution is -0.142. The van der Waals surface area contributed by atoms with Crippen LogP contribution in [0.3, 0.4) is 0 Å². The molecule has 0 aromatic rings. The fourth-order valence-electron chi connectivity index (χ4n) is 1.41. The quantitative estimate of drug-likeness (QED) is 0.695. The first-order chi connectivity index (χ1) is 7.42. The number of carbonyl (C=O) groups excluding carboxylic acids is 1. The maximum absolute atomic E-state index is 11.5. The molecular weight excluding hydrogens is 228 g/mol. The van der Waals surface area contributed by atoms with Crippen molar-refractivity contribution in [1.82, 2.24) is 10.6 Å². The highest BCUT2D eigenvalue weighted by atomic mass is 32.2. The number of hydrogen-bond donors (Lipinski definition) is 3. The third-order valence-corrected chi connectivity index (χ3v) is 3.67. The molecule has 1 rings (SSSR count). The number of urea groups is 1. The molecule has 0 bridgehead atoms. The van der Waals surface area contributed by atoms with Crippen molar-refractivity contribution in [3.63, 3.8) is 0 Å². The summed E-state index contributed by atoms with van der Waals surface area (Å²) >= 11 is 1.81. The van der Waals surface area contributed by atoms with Crippen LogP contribution in [0, 0.1) is 0 Å². The van der Waals surface area contributed by atoms with Gasteiger partial charge in [0.2, 0.25) is 0 Å². The molecule has 1 aliphatic heterocycles. The molecule has 0 spiro atoms. The van der Waals surface area contributed by atoms with E-state index in [0.717, 1.165) is 24.3 Å². The number of carbonyl (C=O) groups is 2. The molecule has 16 heavy (non-hydrogen) atoms. The van der Waals surface area contributed by atoms with Crippen LogP contribution >= 0.6 is 11.8 Å². The number of thioether (sulfide) groups is 1. The summed E-state index contributed by atoms with van der Waals surface area (Å²) in [6.45, 7) is 2.93. The average Bonchev–Trinajstić information content (AvgIpc) is 2.17. The number of hydrogen-bond acceptors (Lipinski definition) is 3. The van der Waals surface area contributed by atoms with Gasteiger partial charge in [-0.15, -0.1) is 0 Å². The Morgan fingerprint density at radius 2 is 2.12 bits per heavy atom. The van der Waals surface area contributed by atoms with Crippen LogP contribution in [0.4, 0.5) is 4.79 Å². The van der Waals surface area contributed by atoms with Crippen LogP contribution in [-0.4, -0.2) is 40.2 Å². The van der Waals surface area contributed by atoms with Crippen molar-refractivity contribution in [2.24, 2.45) is 0 Å². The van der Waals surface area contributed by atoms with Crippen LogP contribution in [0.1, 0.15) is 26.7 Å². The summed E-state index contributed by atoms with van der Waals surface area (Å²) in [7, 11) is 0. The summed E-state index contributed by atoms with van der Waals surface area (Å²) in [4.78, 5) is 22.3. The topological polar surface area (TPSA) is 78.4 Å². The number of aliphatic carboxylic acids is 1. The summed E-state index contributed by atoms with van der Waals surface area (Å²) in [6.07, 6.45) is 2.06. The number of carboxylic acid groups (broad SMARTS) is 1. The first-order valence-corrected chi connectivity index (χ1v) is 6.47. The lowest BCUT2D eigenvalue weighted by Gasteiger charge is -2.26. The highest BCUT2D eigenvalue weighted by Gasteiger charge is 2.29. The highest BCUT2D eigenvalue weighted by molar-refractivity contribution is 7.99. The van der Waals surface area contributed by atoms with Gasteiger partial charge in [-0.3, -0.25) is 0 Å². The molecule has 1 saturated heterocycles. The molecule has 1 aliphatic rings. The molecule has 6 heteroatoms. The Morgan fingerprint density at radius 1 is 1.44 bits per heavy atom. The molecule has 0 aromatic heterocycles. The first-order valence-electron chi connectivity index (χ1n) is 5.31. The van der Waals surface area contributed by atoms with E-state index in [1.165, 1.54) is 13.8 Å². The van der Waals surface area contributed by atoms with Gasteiger partial charge in [0.1, 0.15) is 5.54 Å². The summed E-state index contributed by atoms with van der Waals surface area (Å²) in [5.41, 5.74) is -1.23. The van der Waals surface area contributed by atoms with Gasteiger partial charge in [-0.25, -0.2) is 9.59 Å². The van der Waals surface area contributed by atoms with Crippen LogP contribution in [0.25, 0.3) is 0 Å². The van der Waals surface area contributed by atoms with Gasteiger partial charge in [-0.2, -0.15) is 11.8 Å². The van der Waals surface area contributed by atoms with Gasteiger partial charge < -0.3 is 15.7 Å². The minimum absolute atomic E-state index is 0.156. The first kappa shape index (κ1) is 13.2. The molecule has 0 radical (unpaired) electrons. The third kappa shape index (κ3) is 3.92. The van der Waals surface area contributed by atoms with Gasteiger partial charge in [-0.1, -0.05) is 0 Å². The van der Waals surface area contributed by atoms with E-state index in [2.05, 4.69) is 10.6 Å². The van der Waals surface area contributed by atoms with Crippen molar-refractivity contribution >= 4 is 23.8 Å². The Bertz CT molecular complexity index is 275. The van der Waals surface area contributed by atoms with Crippen molar-refractivity contribution in [3.8, 4) is 0 Å². The van der Waals surface area contributed by atoms with Gasteiger partial charge >= 0.3 is 12.0 Å². The average molecular weight is 246 g/mol.